The first-order valence-corrected chi connectivity index (χ1v) is 9.92. The van der Waals surface area contributed by atoms with Gasteiger partial charge in [0.15, 0.2) is 0 Å². The van der Waals surface area contributed by atoms with Crippen LogP contribution in [0.4, 0.5) is 0 Å². The molecular weight excluding hydrogens is 408 g/mol. The number of hydrogen-bond acceptors (Lipinski definition) is 7. The summed E-state index contributed by atoms with van der Waals surface area (Å²) in [5, 5.41) is 33.3. The van der Waals surface area contributed by atoms with E-state index in [1.165, 1.54) is 19.1 Å². The predicted octanol–water partition coefficient (Wildman–Crippen LogP) is -1.68. The minimum Gasteiger partial charge on any atom is -0.508 e. The van der Waals surface area contributed by atoms with Gasteiger partial charge in [0, 0.05) is 13.0 Å². The number of hydrogen-bond donors (Lipinski definition) is 6. The van der Waals surface area contributed by atoms with Gasteiger partial charge in [-0.1, -0.05) is 12.1 Å². The number of carbonyl (C=O) groups excluding carboxylic acids is 3. The number of carbonyl (C=O) groups is 4. The Morgan fingerprint density at radius 2 is 1.74 bits per heavy atom. The largest absolute Gasteiger partial charge is 0.508 e. The molecule has 2 rings (SSSR count). The number of carboxylic acid groups (broad SMARTS) is 1. The lowest BCUT2D eigenvalue weighted by atomic mass is 10.0. The summed E-state index contributed by atoms with van der Waals surface area (Å²) < 4.78 is 0. The third kappa shape index (κ3) is 6.40. The van der Waals surface area contributed by atoms with E-state index in [9.17, 15) is 34.5 Å². The summed E-state index contributed by atoms with van der Waals surface area (Å²) in [6, 6.07) is 1.64. The second kappa shape index (κ2) is 10.7. The van der Waals surface area contributed by atoms with Crippen LogP contribution in [-0.2, 0) is 25.6 Å². The van der Waals surface area contributed by atoms with E-state index in [0.717, 1.165) is 4.90 Å². The van der Waals surface area contributed by atoms with Gasteiger partial charge in [-0.05, 0) is 37.5 Å². The second-order valence-corrected chi connectivity index (χ2v) is 7.49. The molecule has 11 heteroatoms. The number of carboxylic acids is 1. The highest BCUT2D eigenvalue weighted by molar-refractivity contribution is 5.94. The number of likely N-dealkylation sites (tertiary alicyclic amines) is 1. The standard InChI is InChI=1S/C20H28N4O7/c1-11(21)17(27)22-14(9-12-4-6-13(26)7-5-12)18(28)23-15(10-25)19(29)24-8-2-3-16(24)20(30)31/h4-7,11,14-16,25-26H,2-3,8-10,21H2,1H3,(H,22,27)(H,23,28)(H,30,31)/t11-,14-,15-,16-/m0/s1. The molecule has 1 aromatic rings. The van der Waals surface area contributed by atoms with Gasteiger partial charge < -0.3 is 36.6 Å². The summed E-state index contributed by atoms with van der Waals surface area (Å²) in [6.07, 6.45) is 0.836. The molecule has 0 aliphatic carbocycles. The summed E-state index contributed by atoms with van der Waals surface area (Å²) in [6.45, 7) is 0.922. The van der Waals surface area contributed by atoms with Crippen LogP contribution in [0.5, 0.6) is 5.75 Å². The summed E-state index contributed by atoms with van der Waals surface area (Å²) in [7, 11) is 0. The Balaban J connectivity index is 2.15. The van der Waals surface area contributed by atoms with Crippen molar-refractivity contribution in [1.29, 1.82) is 0 Å². The maximum atomic E-state index is 12.9. The Labute approximate surface area is 179 Å². The first kappa shape index (κ1) is 24.1. The van der Waals surface area contributed by atoms with Crippen LogP contribution in [0.25, 0.3) is 0 Å². The van der Waals surface area contributed by atoms with Crippen LogP contribution in [0.3, 0.4) is 0 Å². The zero-order valence-electron chi connectivity index (χ0n) is 17.2. The van der Waals surface area contributed by atoms with Crippen molar-refractivity contribution in [2.45, 2.75) is 50.4 Å². The molecule has 31 heavy (non-hydrogen) atoms. The Morgan fingerprint density at radius 1 is 1.13 bits per heavy atom. The van der Waals surface area contributed by atoms with Gasteiger partial charge in [0.05, 0.1) is 12.6 Å². The number of rotatable bonds is 9. The maximum absolute atomic E-state index is 12.9. The Hall–Kier alpha value is -3.18. The Kier molecular flexibility index (Phi) is 8.34. The fraction of sp³-hybridized carbons (Fsp3) is 0.500. The number of nitrogens with zero attached hydrogens (tertiary/aromatic N) is 1. The number of nitrogens with two attached hydrogens (primary N) is 1. The summed E-state index contributed by atoms with van der Waals surface area (Å²) >= 11 is 0. The van der Waals surface area contributed by atoms with Gasteiger partial charge in [-0.3, -0.25) is 14.4 Å². The van der Waals surface area contributed by atoms with Crippen LogP contribution in [0, 0.1) is 0 Å². The van der Waals surface area contributed by atoms with Crippen molar-refractivity contribution in [3.8, 4) is 5.75 Å². The van der Waals surface area contributed by atoms with Gasteiger partial charge in [-0.25, -0.2) is 4.79 Å². The third-order valence-corrected chi connectivity index (χ3v) is 5.04. The molecule has 1 aliphatic rings. The molecule has 1 fully saturated rings. The van der Waals surface area contributed by atoms with Crippen LogP contribution >= 0.6 is 0 Å². The van der Waals surface area contributed by atoms with E-state index in [0.29, 0.717) is 18.4 Å². The van der Waals surface area contributed by atoms with E-state index in [4.69, 9.17) is 5.73 Å². The van der Waals surface area contributed by atoms with Crippen molar-refractivity contribution in [2.24, 2.45) is 5.73 Å². The fourth-order valence-electron chi connectivity index (χ4n) is 3.33. The highest BCUT2D eigenvalue weighted by Crippen LogP contribution is 2.18. The minimum absolute atomic E-state index is 0.0360. The van der Waals surface area contributed by atoms with Crippen LogP contribution in [0.15, 0.2) is 24.3 Å². The monoisotopic (exact) mass is 436 g/mol. The van der Waals surface area contributed by atoms with E-state index < -0.39 is 54.5 Å². The van der Waals surface area contributed by atoms with E-state index in [1.54, 1.807) is 12.1 Å². The minimum atomic E-state index is -1.36. The average molecular weight is 436 g/mol. The Morgan fingerprint density at radius 3 is 2.29 bits per heavy atom. The lowest BCUT2D eigenvalue weighted by Crippen LogP contribution is -2.58. The number of benzene rings is 1. The number of aliphatic hydroxyl groups is 1. The lowest BCUT2D eigenvalue weighted by Gasteiger charge is -2.28. The van der Waals surface area contributed by atoms with Crippen molar-refractivity contribution < 1.29 is 34.5 Å². The summed E-state index contributed by atoms with van der Waals surface area (Å²) in [4.78, 5) is 50.1. The van der Waals surface area contributed by atoms with Crippen molar-refractivity contribution in [1.82, 2.24) is 15.5 Å². The predicted molar refractivity (Wildman–Crippen MR) is 109 cm³/mol. The molecule has 7 N–H and O–H groups in total. The van der Waals surface area contributed by atoms with Crippen molar-refractivity contribution in [3.05, 3.63) is 29.8 Å². The van der Waals surface area contributed by atoms with Crippen LogP contribution in [0.1, 0.15) is 25.3 Å². The van der Waals surface area contributed by atoms with Crippen LogP contribution < -0.4 is 16.4 Å². The molecule has 3 amide bonds. The molecule has 0 unspecified atom stereocenters. The number of amides is 3. The topological polar surface area (TPSA) is 182 Å². The van der Waals surface area contributed by atoms with Gasteiger partial charge in [0.2, 0.25) is 17.7 Å². The third-order valence-electron chi connectivity index (χ3n) is 5.04. The van der Waals surface area contributed by atoms with Crippen molar-refractivity contribution in [2.75, 3.05) is 13.2 Å². The van der Waals surface area contributed by atoms with Crippen LogP contribution in [-0.4, -0.2) is 81.2 Å². The van der Waals surface area contributed by atoms with Gasteiger partial charge in [0.1, 0.15) is 23.9 Å². The molecule has 0 bridgehead atoms. The van der Waals surface area contributed by atoms with E-state index in [-0.39, 0.29) is 18.7 Å². The first-order valence-electron chi connectivity index (χ1n) is 9.92. The molecule has 0 radical (unpaired) electrons. The molecule has 1 aliphatic heterocycles. The van der Waals surface area contributed by atoms with Gasteiger partial charge in [0.25, 0.3) is 0 Å². The van der Waals surface area contributed by atoms with Gasteiger partial charge >= 0.3 is 5.97 Å². The number of phenolic OH excluding ortho intramolecular Hbond substituents is 1. The summed E-state index contributed by atoms with van der Waals surface area (Å²) in [5.74, 6) is -3.14. The highest BCUT2D eigenvalue weighted by atomic mass is 16.4. The van der Waals surface area contributed by atoms with E-state index >= 15 is 0 Å². The molecule has 170 valence electrons. The Bertz CT molecular complexity index is 812. The zero-order chi connectivity index (χ0) is 23.1. The molecule has 11 nitrogen and oxygen atoms in total. The molecule has 1 aromatic carbocycles. The van der Waals surface area contributed by atoms with Crippen molar-refractivity contribution >= 4 is 23.7 Å². The van der Waals surface area contributed by atoms with E-state index in [1.807, 2.05) is 0 Å². The number of phenols is 1. The number of aromatic hydroxyl groups is 1. The quantitative estimate of drug-likeness (QED) is 0.265. The molecular formula is C20H28N4O7. The lowest BCUT2D eigenvalue weighted by molar-refractivity contribution is -0.150. The first-order chi connectivity index (χ1) is 14.6. The maximum Gasteiger partial charge on any atom is 0.326 e. The van der Waals surface area contributed by atoms with Gasteiger partial charge in [-0.15, -0.1) is 0 Å². The number of aliphatic carboxylic acids is 1. The summed E-state index contributed by atoms with van der Waals surface area (Å²) in [5.41, 5.74) is 6.19. The van der Waals surface area contributed by atoms with Crippen LogP contribution in [0.2, 0.25) is 0 Å². The molecule has 1 saturated heterocycles. The molecule has 1 heterocycles. The molecule has 0 aromatic heterocycles. The average Bonchev–Trinajstić information content (AvgIpc) is 3.22. The second-order valence-electron chi connectivity index (χ2n) is 7.49. The SMILES string of the molecule is C[C@H](N)C(=O)N[C@@H](Cc1ccc(O)cc1)C(=O)N[C@@H](CO)C(=O)N1CCC[C@H]1C(=O)O. The molecule has 0 saturated carbocycles. The fourth-order valence-corrected chi connectivity index (χ4v) is 3.33. The zero-order valence-corrected chi connectivity index (χ0v) is 17.2. The van der Waals surface area contributed by atoms with E-state index in [2.05, 4.69) is 10.6 Å². The number of aliphatic hydroxyl groups excluding tert-OH is 1. The molecule has 4 atom stereocenters. The molecule has 0 spiro atoms. The normalized spacial score (nSPS) is 18.7. The van der Waals surface area contributed by atoms with Gasteiger partial charge in [-0.2, -0.15) is 0 Å². The smallest absolute Gasteiger partial charge is 0.326 e. The van der Waals surface area contributed by atoms with Crippen molar-refractivity contribution in [3.63, 3.8) is 0 Å². The number of nitrogens with one attached hydrogen (secondary N) is 2. The highest BCUT2D eigenvalue weighted by Gasteiger charge is 2.38.